The molecular weight excluding hydrogens is 216 g/mol. The predicted molar refractivity (Wildman–Crippen MR) is 63.9 cm³/mol. The normalized spacial score (nSPS) is 18.9. The van der Waals surface area contributed by atoms with E-state index < -0.39 is 0 Å². The van der Waals surface area contributed by atoms with Crippen molar-refractivity contribution in [2.75, 3.05) is 11.9 Å². The largest absolute Gasteiger partial charge is 0.354 e. The fourth-order valence-electron chi connectivity index (χ4n) is 2.59. The summed E-state index contributed by atoms with van der Waals surface area (Å²) >= 11 is 0. The molecule has 1 N–H and O–H groups in total. The molecule has 0 aliphatic carbocycles. The molecule has 6 heteroatoms. The zero-order chi connectivity index (χ0) is 12.0. The van der Waals surface area contributed by atoms with Gasteiger partial charge in [0.1, 0.15) is 6.33 Å². The lowest BCUT2D eigenvalue weighted by Gasteiger charge is -2.24. The highest BCUT2D eigenvalue weighted by atomic mass is 15.4. The summed E-state index contributed by atoms with van der Waals surface area (Å²) in [5.74, 6) is 0.851. The SMILES string of the molecule is Cc1nn(C)c(C)c1C1CCNc2ncnn21. The second-order valence-electron chi connectivity index (χ2n) is 4.47. The van der Waals surface area contributed by atoms with Crippen LogP contribution < -0.4 is 5.32 Å². The summed E-state index contributed by atoms with van der Waals surface area (Å²) < 4.78 is 3.89. The molecule has 0 fully saturated rings. The Morgan fingerprint density at radius 3 is 2.94 bits per heavy atom. The van der Waals surface area contributed by atoms with Gasteiger partial charge in [-0.05, 0) is 20.3 Å². The van der Waals surface area contributed by atoms with Crippen molar-refractivity contribution >= 4 is 5.95 Å². The van der Waals surface area contributed by atoms with E-state index in [4.69, 9.17) is 0 Å². The summed E-state index contributed by atoms with van der Waals surface area (Å²) in [6.07, 6.45) is 2.62. The lowest BCUT2D eigenvalue weighted by Crippen LogP contribution is -2.25. The van der Waals surface area contributed by atoms with Crippen LogP contribution in [-0.2, 0) is 7.05 Å². The Morgan fingerprint density at radius 1 is 1.41 bits per heavy atom. The molecule has 0 amide bonds. The van der Waals surface area contributed by atoms with Crippen molar-refractivity contribution in [2.24, 2.45) is 7.05 Å². The van der Waals surface area contributed by atoms with Gasteiger partial charge in [0, 0.05) is 24.8 Å². The number of nitrogens with one attached hydrogen (secondary N) is 1. The van der Waals surface area contributed by atoms with E-state index in [9.17, 15) is 0 Å². The van der Waals surface area contributed by atoms with Crippen LogP contribution in [0.3, 0.4) is 0 Å². The third-order valence-corrected chi connectivity index (χ3v) is 3.47. The van der Waals surface area contributed by atoms with E-state index in [1.807, 2.05) is 16.4 Å². The molecule has 0 saturated heterocycles. The monoisotopic (exact) mass is 232 g/mol. The van der Waals surface area contributed by atoms with Crippen LogP contribution in [0.15, 0.2) is 6.33 Å². The molecule has 0 bridgehead atoms. The average molecular weight is 232 g/mol. The van der Waals surface area contributed by atoms with Crippen LogP contribution in [0.25, 0.3) is 0 Å². The first kappa shape index (κ1) is 10.3. The standard InChI is InChI=1S/C11H16N6/c1-7-10(8(2)16(3)15-7)9-4-5-12-11-13-6-14-17(9)11/h6,9H,4-5H2,1-3H3,(H,12,13,14). The molecule has 1 aliphatic heterocycles. The first-order valence-corrected chi connectivity index (χ1v) is 5.82. The molecule has 0 spiro atoms. The molecule has 90 valence electrons. The number of aromatic nitrogens is 5. The Hall–Kier alpha value is -1.85. The minimum atomic E-state index is 0.252. The van der Waals surface area contributed by atoms with Crippen LogP contribution in [0.5, 0.6) is 0 Å². The molecule has 3 rings (SSSR count). The van der Waals surface area contributed by atoms with E-state index in [1.165, 1.54) is 11.3 Å². The molecule has 0 radical (unpaired) electrons. The fourth-order valence-corrected chi connectivity index (χ4v) is 2.59. The van der Waals surface area contributed by atoms with Crippen molar-refractivity contribution in [3.05, 3.63) is 23.3 Å². The number of aryl methyl sites for hydroxylation is 2. The van der Waals surface area contributed by atoms with Crippen LogP contribution in [0.2, 0.25) is 0 Å². The quantitative estimate of drug-likeness (QED) is 0.798. The van der Waals surface area contributed by atoms with Gasteiger partial charge in [-0.2, -0.15) is 15.2 Å². The molecule has 0 aromatic carbocycles. The summed E-state index contributed by atoms with van der Waals surface area (Å²) in [7, 11) is 1.98. The Balaban J connectivity index is 2.12. The Kier molecular flexibility index (Phi) is 2.17. The Bertz CT molecular complexity index is 552. The van der Waals surface area contributed by atoms with Crippen molar-refractivity contribution in [1.29, 1.82) is 0 Å². The second-order valence-corrected chi connectivity index (χ2v) is 4.47. The maximum Gasteiger partial charge on any atom is 0.221 e. The molecule has 6 nitrogen and oxygen atoms in total. The van der Waals surface area contributed by atoms with Crippen molar-refractivity contribution in [3.63, 3.8) is 0 Å². The van der Waals surface area contributed by atoms with Gasteiger partial charge >= 0.3 is 0 Å². The highest BCUT2D eigenvalue weighted by Gasteiger charge is 2.27. The van der Waals surface area contributed by atoms with Gasteiger partial charge in [-0.15, -0.1) is 0 Å². The first-order valence-electron chi connectivity index (χ1n) is 5.82. The maximum atomic E-state index is 4.48. The lowest BCUT2D eigenvalue weighted by molar-refractivity contribution is 0.476. The van der Waals surface area contributed by atoms with E-state index in [0.29, 0.717) is 0 Å². The zero-order valence-corrected chi connectivity index (χ0v) is 10.3. The molecule has 1 atom stereocenters. The minimum absolute atomic E-state index is 0.252. The summed E-state index contributed by atoms with van der Waals surface area (Å²) in [4.78, 5) is 4.21. The molecule has 3 heterocycles. The van der Waals surface area contributed by atoms with Gasteiger partial charge < -0.3 is 5.32 Å². The summed E-state index contributed by atoms with van der Waals surface area (Å²) in [5.41, 5.74) is 3.56. The summed E-state index contributed by atoms with van der Waals surface area (Å²) in [6.45, 7) is 5.09. The number of rotatable bonds is 1. The van der Waals surface area contributed by atoms with Gasteiger partial charge in [0.05, 0.1) is 11.7 Å². The van der Waals surface area contributed by atoms with Gasteiger partial charge in [-0.3, -0.25) is 4.68 Å². The number of fused-ring (bicyclic) bond motifs is 1. The molecule has 1 unspecified atom stereocenters. The van der Waals surface area contributed by atoms with E-state index in [2.05, 4.69) is 34.3 Å². The highest BCUT2D eigenvalue weighted by molar-refractivity contribution is 5.35. The number of hydrogen-bond donors (Lipinski definition) is 1. The molecule has 2 aromatic rings. The van der Waals surface area contributed by atoms with Crippen LogP contribution in [-0.4, -0.2) is 31.1 Å². The molecule has 0 saturated carbocycles. The molecule has 1 aliphatic rings. The van der Waals surface area contributed by atoms with Crippen molar-refractivity contribution in [3.8, 4) is 0 Å². The van der Waals surface area contributed by atoms with E-state index in [1.54, 1.807) is 6.33 Å². The van der Waals surface area contributed by atoms with Crippen LogP contribution in [0, 0.1) is 13.8 Å². The molecular formula is C11H16N6. The van der Waals surface area contributed by atoms with Crippen LogP contribution in [0.1, 0.15) is 29.4 Å². The smallest absolute Gasteiger partial charge is 0.221 e. The van der Waals surface area contributed by atoms with Gasteiger partial charge in [0.25, 0.3) is 0 Å². The van der Waals surface area contributed by atoms with Crippen LogP contribution in [0.4, 0.5) is 5.95 Å². The Labute approximate surface area is 99.7 Å². The lowest BCUT2D eigenvalue weighted by atomic mass is 10.0. The van der Waals surface area contributed by atoms with Gasteiger partial charge in [-0.25, -0.2) is 4.68 Å². The van der Waals surface area contributed by atoms with Gasteiger partial charge in [0.2, 0.25) is 5.95 Å². The second kappa shape index (κ2) is 3.58. The van der Waals surface area contributed by atoms with Crippen molar-refractivity contribution < 1.29 is 0 Å². The summed E-state index contributed by atoms with van der Waals surface area (Å²) in [6, 6.07) is 0.252. The van der Waals surface area contributed by atoms with Gasteiger partial charge in [-0.1, -0.05) is 0 Å². The Morgan fingerprint density at radius 2 is 2.24 bits per heavy atom. The van der Waals surface area contributed by atoms with E-state index >= 15 is 0 Å². The van der Waals surface area contributed by atoms with Crippen LogP contribution >= 0.6 is 0 Å². The minimum Gasteiger partial charge on any atom is -0.354 e. The molecule has 2 aromatic heterocycles. The van der Waals surface area contributed by atoms with Crippen molar-refractivity contribution in [1.82, 2.24) is 24.5 Å². The topological polar surface area (TPSA) is 60.6 Å². The number of hydrogen-bond acceptors (Lipinski definition) is 4. The number of nitrogens with zero attached hydrogens (tertiary/aromatic N) is 5. The third-order valence-electron chi connectivity index (χ3n) is 3.47. The summed E-state index contributed by atoms with van der Waals surface area (Å²) in [5, 5.41) is 12.0. The average Bonchev–Trinajstić information content (AvgIpc) is 2.85. The maximum absolute atomic E-state index is 4.48. The highest BCUT2D eigenvalue weighted by Crippen LogP contribution is 2.31. The predicted octanol–water partition coefficient (Wildman–Crippen LogP) is 1.03. The third kappa shape index (κ3) is 1.44. The zero-order valence-electron chi connectivity index (χ0n) is 10.3. The number of anilines is 1. The fraction of sp³-hybridized carbons (Fsp3) is 0.545. The molecule has 17 heavy (non-hydrogen) atoms. The van der Waals surface area contributed by atoms with E-state index in [0.717, 1.165) is 24.6 Å². The van der Waals surface area contributed by atoms with E-state index in [-0.39, 0.29) is 6.04 Å². The first-order chi connectivity index (χ1) is 8.18. The van der Waals surface area contributed by atoms with Crippen molar-refractivity contribution in [2.45, 2.75) is 26.3 Å². The van der Waals surface area contributed by atoms with Gasteiger partial charge in [0.15, 0.2) is 0 Å².